The van der Waals surface area contributed by atoms with Crippen molar-refractivity contribution in [1.82, 2.24) is 0 Å². The first-order valence-corrected chi connectivity index (χ1v) is 7.97. The normalized spacial score (nSPS) is 12.2. The van der Waals surface area contributed by atoms with Gasteiger partial charge in [-0.05, 0) is 53.8 Å². The molecule has 0 radical (unpaired) electrons. The van der Waals surface area contributed by atoms with Gasteiger partial charge in [0, 0.05) is 0 Å². The molecular weight excluding hydrogens is 329 g/mol. The first kappa shape index (κ1) is 18.7. The monoisotopic (exact) mass is 348 g/mol. The third-order valence-electron chi connectivity index (χ3n) is 3.39. The fraction of sp³-hybridized carbons (Fsp3) is 0.263. The number of halogens is 3. The second-order valence-corrected chi connectivity index (χ2v) is 5.45. The van der Waals surface area contributed by atoms with Gasteiger partial charge in [-0.25, -0.2) is 0 Å². The predicted molar refractivity (Wildman–Crippen MR) is 93.4 cm³/mol. The second-order valence-electron chi connectivity index (χ2n) is 5.45. The van der Waals surface area contributed by atoms with E-state index in [4.69, 9.17) is 0 Å². The Bertz CT molecular complexity index is 705. The molecule has 0 fully saturated rings. The summed E-state index contributed by atoms with van der Waals surface area (Å²) in [5.74, 6) is -0.267. The van der Waals surface area contributed by atoms with Gasteiger partial charge in [-0.1, -0.05) is 37.6 Å². The summed E-state index contributed by atoms with van der Waals surface area (Å²) in [5.41, 5.74) is 2.86. The van der Waals surface area contributed by atoms with Gasteiger partial charge in [0.1, 0.15) is 5.75 Å². The molecule has 0 aromatic heterocycles. The van der Waals surface area contributed by atoms with Crippen molar-refractivity contribution in [2.75, 3.05) is 0 Å². The highest BCUT2D eigenvalue weighted by Gasteiger charge is 2.30. The minimum Gasteiger partial charge on any atom is -0.406 e. The van der Waals surface area contributed by atoms with E-state index < -0.39 is 6.36 Å². The number of nitrogens with zero attached hydrogens (tertiary/aromatic N) is 2. The zero-order chi connectivity index (χ0) is 18.1. The van der Waals surface area contributed by atoms with Crippen molar-refractivity contribution >= 4 is 12.4 Å². The lowest BCUT2D eigenvalue weighted by Crippen LogP contribution is -2.16. The van der Waals surface area contributed by atoms with Crippen molar-refractivity contribution in [2.24, 2.45) is 10.2 Å². The lowest BCUT2D eigenvalue weighted by Gasteiger charge is -2.08. The van der Waals surface area contributed by atoms with Gasteiger partial charge in [0.15, 0.2) is 0 Å². The number of ether oxygens (including phenoxy) is 1. The van der Waals surface area contributed by atoms with Crippen molar-refractivity contribution in [2.45, 2.75) is 32.5 Å². The predicted octanol–water partition coefficient (Wildman–Crippen LogP) is 5.38. The van der Waals surface area contributed by atoms with E-state index in [0.29, 0.717) is 5.56 Å². The number of unbranched alkanes of at least 4 members (excludes halogenated alkanes) is 1. The summed E-state index contributed by atoms with van der Waals surface area (Å²) >= 11 is 0. The van der Waals surface area contributed by atoms with Crippen LogP contribution in [0.2, 0.25) is 0 Å². The molecule has 2 rings (SSSR count). The largest absolute Gasteiger partial charge is 0.573 e. The Balaban J connectivity index is 1.88. The van der Waals surface area contributed by atoms with Crippen molar-refractivity contribution < 1.29 is 17.9 Å². The van der Waals surface area contributed by atoms with E-state index in [9.17, 15) is 13.2 Å². The Morgan fingerprint density at radius 2 is 1.40 bits per heavy atom. The van der Waals surface area contributed by atoms with Gasteiger partial charge < -0.3 is 4.74 Å². The van der Waals surface area contributed by atoms with Gasteiger partial charge in [0.25, 0.3) is 0 Å². The van der Waals surface area contributed by atoms with E-state index in [2.05, 4.69) is 34.0 Å². The molecule has 0 atom stereocenters. The molecule has 0 N–H and O–H groups in total. The first-order chi connectivity index (χ1) is 12.0. The molecule has 3 nitrogen and oxygen atoms in total. The van der Waals surface area contributed by atoms with Gasteiger partial charge in [-0.15, -0.1) is 13.2 Å². The van der Waals surface area contributed by atoms with Crippen LogP contribution in [-0.2, 0) is 6.42 Å². The van der Waals surface area contributed by atoms with Gasteiger partial charge >= 0.3 is 6.36 Å². The SMILES string of the molecule is CCCCc1ccc(/C=N/N=C\c2ccc(OC(F)(F)F)cc2)cc1. The molecule has 2 aromatic carbocycles. The molecule has 0 aliphatic rings. The van der Waals surface area contributed by atoms with Crippen LogP contribution in [0.25, 0.3) is 0 Å². The maximum atomic E-state index is 12.1. The third kappa shape index (κ3) is 7.20. The Hall–Kier alpha value is -2.63. The van der Waals surface area contributed by atoms with Gasteiger partial charge in [0.05, 0.1) is 12.4 Å². The Morgan fingerprint density at radius 3 is 1.88 bits per heavy atom. The van der Waals surface area contributed by atoms with Crippen LogP contribution < -0.4 is 4.74 Å². The molecule has 0 saturated carbocycles. The zero-order valence-electron chi connectivity index (χ0n) is 13.8. The molecule has 25 heavy (non-hydrogen) atoms. The maximum Gasteiger partial charge on any atom is 0.573 e. The molecule has 0 unspecified atom stereocenters. The van der Waals surface area contributed by atoms with Crippen LogP contribution in [0.15, 0.2) is 58.7 Å². The highest BCUT2D eigenvalue weighted by molar-refractivity contribution is 5.82. The maximum absolute atomic E-state index is 12.1. The minimum atomic E-state index is -4.69. The van der Waals surface area contributed by atoms with Gasteiger partial charge in [0.2, 0.25) is 0 Å². The van der Waals surface area contributed by atoms with E-state index in [1.54, 1.807) is 6.21 Å². The van der Waals surface area contributed by atoms with E-state index in [1.165, 1.54) is 48.9 Å². The van der Waals surface area contributed by atoms with Crippen LogP contribution in [0.1, 0.15) is 36.5 Å². The molecule has 6 heteroatoms. The molecule has 0 saturated heterocycles. The Morgan fingerprint density at radius 1 is 0.880 bits per heavy atom. The smallest absolute Gasteiger partial charge is 0.406 e. The summed E-state index contributed by atoms with van der Waals surface area (Å²) in [4.78, 5) is 0. The summed E-state index contributed by atoms with van der Waals surface area (Å²) in [6.07, 6.45) is 1.81. The topological polar surface area (TPSA) is 34.0 Å². The molecule has 0 bridgehead atoms. The van der Waals surface area contributed by atoms with Crippen molar-refractivity contribution in [3.63, 3.8) is 0 Å². The van der Waals surface area contributed by atoms with E-state index in [0.717, 1.165) is 12.0 Å². The summed E-state index contributed by atoms with van der Waals surface area (Å²) < 4.78 is 40.0. The van der Waals surface area contributed by atoms with Gasteiger partial charge in [-0.3, -0.25) is 0 Å². The summed E-state index contributed by atoms with van der Waals surface area (Å²) in [7, 11) is 0. The first-order valence-electron chi connectivity index (χ1n) is 7.97. The second kappa shape index (κ2) is 9.01. The van der Waals surface area contributed by atoms with E-state index in [-0.39, 0.29) is 5.75 Å². The standard InChI is InChI=1S/C19H19F3N2O/c1-2-3-4-15-5-7-16(8-6-15)13-23-24-14-17-9-11-18(12-10-17)25-19(20,21)22/h5-14H,2-4H2,1H3/b23-13+,24-14-. The molecule has 132 valence electrons. The average molecular weight is 348 g/mol. The van der Waals surface area contributed by atoms with E-state index >= 15 is 0 Å². The average Bonchev–Trinajstić information content (AvgIpc) is 2.58. The minimum absolute atomic E-state index is 0.267. The van der Waals surface area contributed by atoms with Crippen LogP contribution in [0.5, 0.6) is 5.75 Å². The number of alkyl halides is 3. The zero-order valence-corrected chi connectivity index (χ0v) is 13.8. The lowest BCUT2D eigenvalue weighted by atomic mass is 10.1. The highest BCUT2D eigenvalue weighted by atomic mass is 19.4. The molecule has 0 heterocycles. The van der Waals surface area contributed by atoms with Crippen molar-refractivity contribution in [3.05, 3.63) is 65.2 Å². The number of hydrogen-bond donors (Lipinski definition) is 0. The van der Waals surface area contributed by atoms with E-state index in [1.807, 2.05) is 12.1 Å². The van der Waals surface area contributed by atoms with Crippen molar-refractivity contribution in [1.29, 1.82) is 0 Å². The molecular formula is C19H19F3N2O. The molecule has 0 amide bonds. The Labute approximate surface area is 144 Å². The number of aryl methyl sites for hydroxylation is 1. The van der Waals surface area contributed by atoms with Crippen LogP contribution in [-0.4, -0.2) is 18.8 Å². The van der Waals surface area contributed by atoms with Crippen LogP contribution in [0, 0.1) is 0 Å². The molecule has 0 aliphatic carbocycles. The van der Waals surface area contributed by atoms with Crippen LogP contribution in [0.4, 0.5) is 13.2 Å². The number of hydrogen-bond acceptors (Lipinski definition) is 3. The quantitative estimate of drug-likeness (QED) is 0.488. The lowest BCUT2D eigenvalue weighted by molar-refractivity contribution is -0.274. The van der Waals surface area contributed by atoms with Crippen LogP contribution >= 0.6 is 0 Å². The number of benzene rings is 2. The third-order valence-corrected chi connectivity index (χ3v) is 3.39. The molecule has 0 aliphatic heterocycles. The fourth-order valence-electron chi connectivity index (χ4n) is 2.11. The molecule has 0 spiro atoms. The van der Waals surface area contributed by atoms with Gasteiger partial charge in [-0.2, -0.15) is 10.2 Å². The Kier molecular flexibility index (Phi) is 6.74. The van der Waals surface area contributed by atoms with Crippen LogP contribution in [0.3, 0.4) is 0 Å². The van der Waals surface area contributed by atoms with Crippen molar-refractivity contribution in [3.8, 4) is 5.75 Å². The molecule has 2 aromatic rings. The number of rotatable bonds is 7. The summed E-state index contributed by atoms with van der Waals surface area (Å²) in [6, 6.07) is 13.5. The summed E-state index contributed by atoms with van der Waals surface area (Å²) in [5, 5.41) is 7.84. The fourth-order valence-corrected chi connectivity index (χ4v) is 2.11. The highest BCUT2D eigenvalue weighted by Crippen LogP contribution is 2.22. The summed E-state index contributed by atoms with van der Waals surface area (Å²) in [6.45, 7) is 2.16.